The highest BCUT2D eigenvalue weighted by Crippen LogP contribution is 2.31. The van der Waals surface area contributed by atoms with Gasteiger partial charge < -0.3 is 9.47 Å². The van der Waals surface area contributed by atoms with Crippen LogP contribution >= 0.6 is 11.8 Å². The van der Waals surface area contributed by atoms with Crippen molar-refractivity contribution in [2.45, 2.75) is 19.8 Å². The number of benzene rings is 1. The minimum atomic E-state index is -0.438. The average molecular weight is 358 g/mol. The Balaban J connectivity index is 1.94. The van der Waals surface area contributed by atoms with Crippen molar-refractivity contribution in [1.29, 1.82) is 5.41 Å². The van der Waals surface area contributed by atoms with E-state index in [-0.39, 0.29) is 11.4 Å². The lowest BCUT2D eigenvalue weighted by Gasteiger charge is -2.20. The summed E-state index contributed by atoms with van der Waals surface area (Å²) >= 11 is 1.35. The van der Waals surface area contributed by atoms with E-state index in [1.807, 2.05) is 0 Å². The quantitative estimate of drug-likeness (QED) is 0.817. The molecule has 0 saturated carbocycles. The first-order chi connectivity index (χ1) is 12.1. The third-order valence-corrected chi connectivity index (χ3v) is 4.65. The molecule has 2 aliphatic rings. The molecule has 0 aliphatic carbocycles. The number of thioether (sulfide) groups is 1. The summed E-state index contributed by atoms with van der Waals surface area (Å²) in [6.07, 6.45) is 3.36. The van der Waals surface area contributed by atoms with Gasteiger partial charge in [0.25, 0.3) is 5.91 Å². The summed E-state index contributed by atoms with van der Waals surface area (Å²) in [7, 11) is 3.11. The zero-order valence-corrected chi connectivity index (χ0v) is 15.0. The molecule has 130 valence electrons. The molecular weight excluding hydrogens is 340 g/mol. The van der Waals surface area contributed by atoms with Crippen LogP contribution in [0, 0.1) is 5.41 Å². The van der Waals surface area contributed by atoms with Crippen molar-refractivity contribution in [3.63, 3.8) is 0 Å². The fraction of sp³-hybridized carbons (Fsp3) is 0.294. The van der Waals surface area contributed by atoms with Gasteiger partial charge in [0.2, 0.25) is 5.17 Å². The second kappa shape index (κ2) is 7.10. The minimum absolute atomic E-state index is 0.0309. The van der Waals surface area contributed by atoms with Gasteiger partial charge in [-0.1, -0.05) is 13.0 Å². The number of ether oxygens (including phenoxy) is 2. The Morgan fingerprint density at radius 2 is 2.04 bits per heavy atom. The third-order valence-electron chi connectivity index (χ3n) is 3.68. The largest absolute Gasteiger partial charge is 0.493 e. The fourth-order valence-corrected chi connectivity index (χ4v) is 3.44. The molecule has 1 amide bonds. The molecule has 0 atom stereocenters. The van der Waals surface area contributed by atoms with E-state index in [0.29, 0.717) is 22.2 Å². The Kier molecular flexibility index (Phi) is 4.89. The first-order valence-electron chi connectivity index (χ1n) is 7.78. The van der Waals surface area contributed by atoms with Crippen LogP contribution < -0.4 is 9.47 Å². The van der Waals surface area contributed by atoms with Gasteiger partial charge >= 0.3 is 0 Å². The number of methoxy groups -OCH3 is 2. The summed E-state index contributed by atoms with van der Waals surface area (Å²) in [6, 6.07) is 5.29. The number of aliphatic imine (C=N–C) groups is 1. The van der Waals surface area contributed by atoms with Crippen molar-refractivity contribution in [3.05, 3.63) is 29.3 Å². The number of fused-ring (bicyclic) bond motifs is 1. The van der Waals surface area contributed by atoms with Crippen LogP contribution in [0.25, 0.3) is 6.08 Å². The number of nitrogens with one attached hydrogen (secondary N) is 1. The molecule has 8 heteroatoms. The fourth-order valence-electron chi connectivity index (χ4n) is 2.46. The van der Waals surface area contributed by atoms with E-state index < -0.39 is 5.91 Å². The Morgan fingerprint density at radius 3 is 2.72 bits per heavy atom. The van der Waals surface area contributed by atoms with Gasteiger partial charge in [-0.2, -0.15) is 15.1 Å². The molecular formula is C17H18N4O3S. The Morgan fingerprint density at radius 1 is 1.28 bits per heavy atom. The van der Waals surface area contributed by atoms with E-state index in [1.165, 1.54) is 16.8 Å². The van der Waals surface area contributed by atoms with Crippen LogP contribution in [0.5, 0.6) is 11.5 Å². The maximum absolute atomic E-state index is 12.4. The standard InChI is InChI=1S/C17H18N4O3S/c1-4-5-14-20-21-15(18)11(16(22)19-17(21)25-14)8-10-6-7-12(23-2)13(9-10)24-3/h6-9,18H,4-5H2,1-3H3. The normalized spacial score (nSPS) is 18.2. The monoisotopic (exact) mass is 358 g/mol. The van der Waals surface area contributed by atoms with E-state index in [4.69, 9.17) is 14.9 Å². The first-order valence-corrected chi connectivity index (χ1v) is 8.60. The van der Waals surface area contributed by atoms with Gasteiger partial charge in [0.1, 0.15) is 5.04 Å². The van der Waals surface area contributed by atoms with Crippen molar-refractivity contribution >= 4 is 39.8 Å². The van der Waals surface area contributed by atoms with Crippen molar-refractivity contribution < 1.29 is 14.3 Å². The van der Waals surface area contributed by atoms with Crippen molar-refractivity contribution in [2.24, 2.45) is 10.1 Å². The average Bonchev–Trinajstić information content (AvgIpc) is 3.01. The highest BCUT2D eigenvalue weighted by atomic mass is 32.2. The van der Waals surface area contributed by atoms with Crippen LogP contribution in [0.4, 0.5) is 0 Å². The topological polar surface area (TPSA) is 87.3 Å². The summed E-state index contributed by atoms with van der Waals surface area (Å²) in [5.41, 5.74) is 0.909. The smallest absolute Gasteiger partial charge is 0.283 e. The molecule has 2 heterocycles. The van der Waals surface area contributed by atoms with Crippen LogP contribution in [0.15, 0.2) is 33.9 Å². The number of amidine groups is 2. The number of nitrogens with zero attached hydrogens (tertiary/aromatic N) is 3. The minimum Gasteiger partial charge on any atom is -0.493 e. The number of hydrazone groups is 1. The summed E-state index contributed by atoms with van der Waals surface area (Å²) < 4.78 is 10.5. The van der Waals surface area contributed by atoms with E-state index >= 15 is 0 Å². The Hall–Kier alpha value is -2.61. The molecule has 0 spiro atoms. The van der Waals surface area contributed by atoms with Gasteiger partial charge in [0.05, 0.1) is 19.8 Å². The maximum Gasteiger partial charge on any atom is 0.283 e. The van der Waals surface area contributed by atoms with E-state index in [2.05, 4.69) is 17.0 Å². The Labute approximate surface area is 149 Å². The molecule has 7 nitrogen and oxygen atoms in total. The van der Waals surface area contributed by atoms with Crippen LogP contribution in [-0.2, 0) is 4.79 Å². The van der Waals surface area contributed by atoms with Crippen molar-refractivity contribution in [1.82, 2.24) is 5.01 Å². The van der Waals surface area contributed by atoms with Crippen LogP contribution in [-0.4, -0.2) is 41.2 Å². The number of carbonyl (C=O) groups excluding carboxylic acids is 1. The second-order valence-corrected chi connectivity index (χ2v) is 6.42. The predicted octanol–water partition coefficient (Wildman–Crippen LogP) is 3.12. The lowest BCUT2D eigenvalue weighted by molar-refractivity contribution is -0.114. The van der Waals surface area contributed by atoms with Gasteiger partial charge in [-0.25, -0.2) is 0 Å². The summed E-state index contributed by atoms with van der Waals surface area (Å²) in [4.78, 5) is 16.4. The molecule has 1 N–H and O–H groups in total. The SMILES string of the molecule is CCCC1=NN2C(=N)C(=Cc3ccc(OC)c(OC)c3)C(=O)N=C2S1. The maximum atomic E-state index is 12.4. The zero-order chi connectivity index (χ0) is 18.0. The van der Waals surface area contributed by atoms with Gasteiger partial charge in [0, 0.05) is 0 Å². The highest BCUT2D eigenvalue weighted by Gasteiger charge is 2.35. The molecule has 0 radical (unpaired) electrons. The molecule has 1 aromatic carbocycles. The molecule has 3 rings (SSSR count). The first kappa shape index (κ1) is 17.2. The molecule has 25 heavy (non-hydrogen) atoms. The van der Waals surface area contributed by atoms with Gasteiger partial charge in [-0.3, -0.25) is 10.2 Å². The summed E-state index contributed by atoms with van der Waals surface area (Å²) in [5.74, 6) is 0.741. The van der Waals surface area contributed by atoms with Crippen LogP contribution in [0.1, 0.15) is 25.3 Å². The molecule has 0 saturated heterocycles. The number of hydrogen-bond donors (Lipinski definition) is 1. The van der Waals surface area contributed by atoms with Crippen LogP contribution in [0.2, 0.25) is 0 Å². The van der Waals surface area contributed by atoms with E-state index in [0.717, 1.165) is 17.9 Å². The second-order valence-electron chi connectivity index (χ2n) is 5.38. The zero-order valence-electron chi connectivity index (χ0n) is 14.2. The van der Waals surface area contributed by atoms with E-state index in [9.17, 15) is 4.79 Å². The third kappa shape index (κ3) is 3.30. The van der Waals surface area contributed by atoms with E-state index in [1.54, 1.807) is 38.5 Å². The Bertz CT molecular complexity index is 829. The molecule has 0 fully saturated rings. The van der Waals surface area contributed by atoms with Gasteiger partial charge in [-0.05, 0) is 48.4 Å². The van der Waals surface area contributed by atoms with Crippen molar-refractivity contribution in [2.75, 3.05) is 14.2 Å². The van der Waals surface area contributed by atoms with Crippen molar-refractivity contribution in [3.8, 4) is 11.5 Å². The molecule has 0 bridgehead atoms. The lowest BCUT2D eigenvalue weighted by atomic mass is 10.1. The number of carbonyl (C=O) groups is 1. The number of hydrogen-bond acceptors (Lipinski definition) is 6. The van der Waals surface area contributed by atoms with Crippen LogP contribution in [0.3, 0.4) is 0 Å². The molecule has 1 aromatic rings. The summed E-state index contributed by atoms with van der Waals surface area (Å²) in [5, 5.41) is 15.5. The number of rotatable bonds is 5. The molecule has 2 aliphatic heterocycles. The predicted molar refractivity (Wildman–Crippen MR) is 99.5 cm³/mol. The summed E-state index contributed by atoms with van der Waals surface area (Å²) in [6.45, 7) is 2.06. The highest BCUT2D eigenvalue weighted by molar-refractivity contribution is 8.26. The molecule has 0 unspecified atom stereocenters. The lowest BCUT2D eigenvalue weighted by Crippen LogP contribution is -2.35. The van der Waals surface area contributed by atoms with Gasteiger partial charge in [-0.15, -0.1) is 0 Å². The molecule has 0 aromatic heterocycles. The number of amides is 1. The van der Waals surface area contributed by atoms with Gasteiger partial charge in [0.15, 0.2) is 17.3 Å².